The SMILES string of the molecule is CC(C)NC(=O)C(Cc1ccccc1)N(Cc1ccc(Cl)cc1)C(=O)Cc1ccccc1[N+](=O)[O-]. The average molecular weight is 494 g/mol. The molecule has 0 heterocycles. The molecule has 3 rings (SSSR count). The number of carbonyl (C=O) groups is 2. The Morgan fingerprint density at radius 3 is 2.20 bits per heavy atom. The first kappa shape index (κ1) is 25.9. The first-order valence-corrected chi connectivity index (χ1v) is 11.7. The number of nitro benzene ring substituents is 1. The van der Waals surface area contributed by atoms with Crippen LogP contribution in [0.15, 0.2) is 78.9 Å². The maximum absolute atomic E-state index is 13.7. The van der Waals surface area contributed by atoms with E-state index in [0.29, 0.717) is 17.0 Å². The first-order chi connectivity index (χ1) is 16.7. The minimum Gasteiger partial charge on any atom is -0.352 e. The van der Waals surface area contributed by atoms with E-state index in [2.05, 4.69) is 5.32 Å². The van der Waals surface area contributed by atoms with Crippen LogP contribution in [0.25, 0.3) is 0 Å². The predicted octanol–water partition coefficient (Wildman–Crippen LogP) is 4.96. The van der Waals surface area contributed by atoms with E-state index in [4.69, 9.17) is 11.6 Å². The van der Waals surface area contributed by atoms with Gasteiger partial charge in [-0.3, -0.25) is 19.7 Å². The van der Waals surface area contributed by atoms with Gasteiger partial charge in [0.1, 0.15) is 6.04 Å². The van der Waals surface area contributed by atoms with Crippen molar-refractivity contribution in [1.82, 2.24) is 10.2 Å². The molecule has 2 amide bonds. The molecule has 0 spiro atoms. The smallest absolute Gasteiger partial charge is 0.273 e. The van der Waals surface area contributed by atoms with Crippen molar-refractivity contribution in [3.63, 3.8) is 0 Å². The second-order valence-electron chi connectivity index (χ2n) is 8.58. The molecule has 3 aromatic carbocycles. The number of amides is 2. The number of carbonyl (C=O) groups excluding carboxylic acids is 2. The Balaban J connectivity index is 2.00. The highest BCUT2D eigenvalue weighted by atomic mass is 35.5. The zero-order valence-electron chi connectivity index (χ0n) is 19.7. The van der Waals surface area contributed by atoms with Gasteiger partial charge >= 0.3 is 0 Å². The van der Waals surface area contributed by atoms with Crippen LogP contribution in [-0.2, 0) is 29.0 Å². The Bertz CT molecular complexity index is 1170. The second kappa shape index (κ2) is 12.1. The summed E-state index contributed by atoms with van der Waals surface area (Å²) in [7, 11) is 0. The summed E-state index contributed by atoms with van der Waals surface area (Å²) in [6.45, 7) is 3.87. The van der Waals surface area contributed by atoms with Crippen LogP contribution >= 0.6 is 11.6 Å². The first-order valence-electron chi connectivity index (χ1n) is 11.3. The van der Waals surface area contributed by atoms with E-state index in [1.54, 1.807) is 42.5 Å². The summed E-state index contributed by atoms with van der Waals surface area (Å²) >= 11 is 6.03. The molecule has 0 aliphatic heterocycles. The highest BCUT2D eigenvalue weighted by molar-refractivity contribution is 6.30. The van der Waals surface area contributed by atoms with E-state index >= 15 is 0 Å². The van der Waals surface area contributed by atoms with Crippen molar-refractivity contribution in [3.8, 4) is 0 Å². The Kier molecular flexibility index (Phi) is 8.98. The molecule has 1 N–H and O–H groups in total. The molecule has 0 saturated heterocycles. The van der Waals surface area contributed by atoms with Crippen LogP contribution in [-0.4, -0.2) is 33.7 Å². The quantitative estimate of drug-likeness (QED) is 0.319. The molecule has 1 atom stereocenters. The van der Waals surface area contributed by atoms with Crippen LogP contribution in [0.1, 0.15) is 30.5 Å². The van der Waals surface area contributed by atoms with Crippen molar-refractivity contribution < 1.29 is 14.5 Å². The highest BCUT2D eigenvalue weighted by Gasteiger charge is 2.31. The monoisotopic (exact) mass is 493 g/mol. The minimum atomic E-state index is -0.814. The summed E-state index contributed by atoms with van der Waals surface area (Å²) in [6, 6.07) is 21.7. The zero-order valence-corrected chi connectivity index (χ0v) is 20.4. The van der Waals surface area contributed by atoms with Gasteiger partial charge in [-0.1, -0.05) is 72.3 Å². The number of nitro groups is 1. The molecular formula is C27H28ClN3O4. The fourth-order valence-corrected chi connectivity index (χ4v) is 3.95. The summed E-state index contributed by atoms with van der Waals surface area (Å²) in [5.74, 6) is -0.664. The van der Waals surface area contributed by atoms with Gasteiger partial charge in [-0.15, -0.1) is 0 Å². The molecule has 0 saturated carbocycles. The average Bonchev–Trinajstić information content (AvgIpc) is 2.83. The molecule has 1 unspecified atom stereocenters. The van der Waals surface area contributed by atoms with Crippen molar-refractivity contribution in [3.05, 3.63) is 111 Å². The summed E-state index contributed by atoms with van der Waals surface area (Å²) < 4.78 is 0. The molecular weight excluding hydrogens is 466 g/mol. The van der Waals surface area contributed by atoms with Gasteiger partial charge in [-0.25, -0.2) is 0 Å². The van der Waals surface area contributed by atoms with Crippen LogP contribution in [0.5, 0.6) is 0 Å². The lowest BCUT2D eigenvalue weighted by Crippen LogP contribution is -2.52. The number of halogens is 1. The number of hydrogen-bond acceptors (Lipinski definition) is 4. The van der Waals surface area contributed by atoms with Crippen LogP contribution in [0, 0.1) is 10.1 Å². The van der Waals surface area contributed by atoms with Crippen molar-refractivity contribution >= 4 is 29.1 Å². The number of benzene rings is 3. The molecule has 0 aromatic heterocycles. The highest BCUT2D eigenvalue weighted by Crippen LogP contribution is 2.22. The van der Waals surface area contributed by atoms with Gasteiger partial charge < -0.3 is 10.2 Å². The van der Waals surface area contributed by atoms with E-state index in [1.165, 1.54) is 11.0 Å². The third-order valence-electron chi connectivity index (χ3n) is 5.50. The molecule has 3 aromatic rings. The molecule has 0 radical (unpaired) electrons. The summed E-state index contributed by atoms with van der Waals surface area (Å²) in [5.41, 5.74) is 1.86. The van der Waals surface area contributed by atoms with E-state index in [9.17, 15) is 19.7 Å². The molecule has 0 bridgehead atoms. The van der Waals surface area contributed by atoms with Gasteiger partial charge in [0.2, 0.25) is 11.8 Å². The Morgan fingerprint density at radius 1 is 0.943 bits per heavy atom. The number of rotatable bonds is 10. The van der Waals surface area contributed by atoms with Crippen LogP contribution in [0.3, 0.4) is 0 Å². The topological polar surface area (TPSA) is 92.6 Å². The number of para-hydroxylation sites is 1. The van der Waals surface area contributed by atoms with Gasteiger partial charge in [0, 0.05) is 35.7 Å². The Hall–Kier alpha value is -3.71. The lowest BCUT2D eigenvalue weighted by Gasteiger charge is -2.32. The third-order valence-corrected chi connectivity index (χ3v) is 5.75. The lowest BCUT2D eigenvalue weighted by atomic mass is 10.0. The van der Waals surface area contributed by atoms with Gasteiger partial charge in [0.15, 0.2) is 0 Å². The number of hydrogen-bond donors (Lipinski definition) is 1. The Labute approximate surface area is 209 Å². The van der Waals surface area contributed by atoms with Crippen molar-refractivity contribution in [1.29, 1.82) is 0 Å². The summed E-state index contributed by atoms with van der Waals surface area (Å²) in [5, 5.41) is 15.0. The zero-order chi connectivity index (χ0) is 25.4. The van der Waals surface area contributed by atoms with Gasteiger partial charge in [-0.05, 0) is 37.1 Å². The van der Waals surface area contributed by atoms with Gasteiger partial charge in [0.25, 0.3) is 5.69 Å². The van der Waals surface area contributed by atoms with E-state index in [-0.39, 0.29) is 36.5 Å². The van der Waals surface area contributed by atoms with Crippen molar-refractivity contribution in [2.75, 3.05) is 0 Å². The fraction of sp³-hybridized carbons (Fsp3) is 0.259. The minimum absolute atomic E-state index is 0.122. The summed E-state index contributed by atoms with van der Waals surface area (Å²) in [4.78, 5) is 39.5. The number of nitrogens with zero attached hydrogens (tertiary/aromatic N) is 2. The van der Waals surface area contributed by atoms with Crippen molar-refractivity contribution in [2.45, 2.75) is 45.3 Å². The van der Waals surface area contributed by atoms with Crippen LogP contribution in [0.2, 0.25) is 5.02 Å². The Morgan fingerprint density at radius 2 is 1.57 bits per heavy atom. The van der Waals surface area contributed by atoms with Gasteiger partial charge in [0.05, 0.1) is 11.3 Å². The van der Waals surface area contributed by atoms with Crippen LogP contribution < -0.4 is 5.32 Å². The molecule has 0 aliphatic carbocycles. The maximum atomic E-state index is 13.7. The molecule has 7 nitrogen and oxygen atoms in total. The molecule has 0 aliphatic rings. The van der Waals surface area contributed by atoms with E-state index in [1.807, 2.05) is 44.2 Å². The largest absolute Gasteiger partial charge is 0.352 e. The standard InChI is InChI=1S/C27H28ClN3O4/c1-19(2)29-27(33)25(16-20-8-4-3-5-9-20)30(18-21-12-14-23(28)15-13-21)26(32)17-22-10-6-7-11-24(22)31(34)35/h3-15,19,25H,16-18H2,1-2H3,(H,29,33). The molecule has 0 fully saturated rings. The third kappa shape index (κ3) is 7.39. The number of nitrogens with one attached hydrogen (secondary N) is 1. The predicted molar refractivity (Wildman–Crippen MR) is 136 cm³/mol. The normalized spacial score (nSPS) is 11.7. The lowest BCUT2D eigenvalue weighted by molar-refractivity contribution is -0.385. The van der Waals surface area contributed by atoms with E-state index in [0.717, 1.165) is 11.1 Å². The molecule has 182 valence electrons. The molecule has 8 heteroatoms. The molecule has 35 heavy (non-hydrogen) atoms. The second-order valence-corrected chi connectivity index (χ2v) is 9.02. The fourth-order valence-electron chi connectivity index (χ4n) is 3.82. The summed E-state index contributed by atoms with van der Waals surface area (Å²) in [6.07, 6.45) is 0.0978. The van der Waals surface area contributed by atoms with Crippen molar-refractivity contribution in [2.24, 2.45) is 0 Å². The maximum Gasteiger partial charge on any atom is 0.273 e. The van der Waals surface area contributed by atoms with Gasteiger partial charge in [-0.2, -0.15) is 0 Å². The van der Waals surface area contributed by atoms with E-state index < -0.39 is 11.0 Å². The van der Waals surface area contributed by atoms with Crippen LogP contribution in [0.4, 0.5) is 5.69 Å².